The lowest BCUT2D eigenvalue weighted by atomic mass is 10.0. The van der Waals surface area contributed by atoms with Gasteiger partial charge in [0, 0.05) is 19.3 Å². The van der Waals surface area contributed by atoms with Crippen molar-refractivity contribution in [2.45, 2.75) is 316 Å². The first-order chi connectivity index (χ1) is 40.5. The molecule has 0 saturated carbocycles. The van der Waals surface area contributed by atoms with Crippen LogP contribution in [0.4, 0.5) is 0 Å². The summed E-state index contributed by atoms with van der Waals surface area (Å²) < 4.78 is 16.9. The number of rotatable bonds is 61. The summed E-state index contributed by atoms with van der Waals surface area (Å²) in [5.74, 6) is -0.890. The van der Waals surface area contributed by atoms with Crippen molar-refractivity contribution < 1.29 is 28.6 Å². The number of allylic oxidation sites excluding steroid dienone is 22. The largest absolute Gasteiger partial charge is 0.462 e. The number of ether oxygens (including phenoxy) is 3. The molecule has 0 N–H and O–H groups in total. The molecule has 6 nitrogen and oxygen atoms in total. The number of hydrogen-bond acceptors (Lipinski definition) is 6. The second kappa shape index (κ2) is 69.0. The minimum atomic E-state index is -0.785. The van der Waals surface area contributed by atoms with E-state index in [2.05, 4.69) is 154 Å². The van der Waals surface area contributed by atoms with E-state index in [1.807, 2.05) is 0 Å². The van der Waals surface area contributed by atoms with Crippen LogP contribution in [0.1, 0.15) is 310 Å². The van der Waals surface area contributed by atoms with E-state index >= 15 is 0 Å². The van der Waals surface area contributed by atoms with Gasteiger partial charge >= 0.3 is 17.9 Å². The maximum absolute atomic E-state index is 12.9. The Labute approximate surface area is 506 Å². The van der Waals surface area contributed by atoms with E-state index < -0.39 is 6.10 Å². The Bertz CT molecular complexity index is 1730. The Morgan fingerprint density at radius 3 is 0.744 bits per heavy atom. The van der Waals surface area contributed by atoms with E-state index in [1.165, 1.54) is 135 Å². The second-order valence-corrected chi connectivity index (χ2v) is 22.3. The first-order valence-electron chi connectivity index (χ1n) is 34.2. The van der Waals surface area contributed by atoms with Crippen molar-refractivity contribution in [2.75, 3.05) is 13.2 Å². The standard InChI is InChI=1S/C76H126O6/c1-4-7-10-13-16-19-21-23-25-27-29-31-33-35-37-38-40-41-43-45-47-49-51-53-55-57-60-63-66-69-75(78)81-72-73(71-80-74(77)68-65-62-59-18-15-12-9-6-3)82-76(79)70-67-64-61-58-56-54-52-50-48-46-44-42-39-36-34-32-30-28-26-24-22-20-17-14-11-8-5-2/h7-8,10-11,16-17,19-20,23-26,29-32,35-37,39,44,46,73H,4-6,9,12-15,18,21-22,27-28,33-34,38,40-43,45,47-72H2,1-3H3/b10-7-,11-8-,19-16-,20-17-,25-23-,26-24-,31-29-,32-30-,37-35-,39-36-,46-44-. The maximum atomic E-state index is 12.9. The van der Waals surface area contributed by atoms with Gasteiger partial charge in [0.15, 0.2) is 6.10 Å². The van der Waals surface area contributed by atoms with Crippen molar-refractivity contribution in [3.8, 4) is 0 Å². The minimum absolute atomic E-state index is 0.0820. The average Bonchev–Trinajstić information content (AvgIpc) is 3.48. The van der Waals surface area contributed by atoms with Crippen LogP contribution in [0.3, 0.4) is 0 Å². The highest BCUT2D eigenvalue weighted by Gasteiger charge is 2.19. The Morgan fingerprint density at radius 1 is 0.256 bits per heavy atom. The second-order valence-electron chi connectivity index (χ2n) is 22.3. The van der Waals surface area contributed by atoms with Gasteiger partial charge in [-0.1, -0.05) is 309 Å². The molecule has 0 heterocycles. The molecule has 466 valence electrons. The molecule has 6 heteroatoms. The van der Waals surface area contributed by atoms with Gasteiger partial charge in [0.2, 0.25) is 0 Å². The van der Waals surface area contributed by atoms with Crippen LogP contribution in [0.5, 0.6) is 0 Å². The van der Waals surface area contributed by atoms with Gasteiger partial charge in [-0.2, -0.15) is 0 Å². The molecule has 1 atom stereocenters. The van der Waals surface area contributed by atoms with Gasteiger partial charge in [0.05, 0.1) is 0 Å². The highest BCUT2D eigenvalue weighted by atomic mass is 16.6. The maximum Gasteiger partial charge on any atom is 0.306 e. The summed E-state index contributed by atoms with van der Waals surface area (Å²) in [7, 11) is 0. The molecule has 0 aromatic rings. The molecule has 82 heavy (non-hydrogen) atoms. The number of hydrogen-bond donors (Lipinski definition) is 0. The third-order valence-electron chi connectivity index (χ3n) is 14.4. The minimum Gasteiger partial charge on any atom is -0.462 e. The molecular formula is C76H126O6. The average molecular weight is 1140 g/mol. The third kappa shape index (κ3) is 66.4. The van der Waals surface area contributed by atoms with Crippen molar-refractivity contribution in [1.29, 1.82) is 0 Å². The van der Waals surface area contributed by atoms with Gasteiger partial charge in [-0.3, -0.25) is 14.4 Å². The van der Waals surface area contributed by atoms with E-state index in [9.17, 15) is 14.4 Å². The first kappa shape index (κ1) is 77.5. The van der Waals surface area contributed by atoms with Crippen LogP contribution < -0.4 is 0 Å². The van der Waals surface area contributed by atoms with Crippen molar-refractivity contribution in [3.63, 3.8) is 0 Å². The van der Waals surface area contributed by atoms with Crippen molar-refractivity contribution >= 4 is 17.9 Å². The number of unbranched alkanes of at least 4 members (excludes halogenated alkanes) is 28. The summed E-state index contributed by atoms with van der Waals surface area (Å²) in [6.45, 7) is 6.39. The van der Waals surface area contributed by atoms with Crippen LogP contribution in [0.25, 0.3) is 0 Å². The quantitative estimate of drug-likeness (QED) is 0.0261. The summed E-state index contributed by atoms with van der Waals surface area (Å²) in [4.78, 5) is 38.2. The normalized spacial score (nSPS) is 13.0. The van der Waals surface area contributed by atoms with Crippen molar-refractivity contribution in [3.05, 3.63) is 134 Å². The molecule has 0 saturated heterocycles. The van der Waals surface area contributed by atoms with Crippen LogP contribution >= 0.6 is 0 Å². The zero-order valence-electron chi connectivity index (χ0n) is 53.5. The molecule has 0 aliphatic rings. The van der Waals surface area contributed by atoms with Gasteiger partial charge in [0.25, 0.3) is 0 Å². The molecule has 0 fully saturated rings. The summed E-state index contributed by atoms with van der Waals surface area (Å²) >= 11 is 0. The summed E-state index contributed by atoms with van der Waals surface area (Å²) in [6, 6.07) is 0. The lowest BCUT2D eigenvalue weighted by Crippen LogP contribution is -2.30. The van der Waals surface area contributed by atoms with Crippen molar-refractivity contribution in [1.82, 2.24) is 0 Å². The van der Waals surface area contributed by atoms with Gasteiger partial charge in [-0.15, -0.1) is 0 Å². The fourth-order valence-electron chi connectivity index (χ4n) is 9.36. The Balaban J connectivity index is 4.18. The molecule has 0 radical (unpaired) electrons. The summed E-state index contributed by atoms with van der Waals surface area (Å²) in [5.41, 5.74) is 0. The zero-order valence-corrected chi connectivity index (χ0v) is 53.5. The molecule has 0 rings (SSSR count). The Morgan fingerprint density at radius 2 is 0.476 bits per heavy atom. The van der Waals surface area contributed by atoms with E-state index in [0.29, 0.717) is 19.3 Å². The molecule has 0 amide bonds. The van der Waals surface area contributed by atoms with E-state index in [0.717, 1.165) is 135 Å². The fraction of sp³-hybridized carbons (Fsp3) is 0.671. The van der Waals surface area contributed by atoms with Crippen LogP contribution in [0.2, 0.25) is 0 Å². The molecule has 0 bridgehead atoms. The predicted octanol–water partition coefficient (Wildman–Crippen LogP) is 23.7. The SMILES string of the molecule is CC/C=C\C/C=C\C/C=C\C/C=C\C/C=C\C/C=C\CCCCCCCCCCC(=O)OC(COC(=O)CCCCCCCCCC)COC(=O)CCCCCCCCCCCCCCC/C=C\C/C=C\C/C=C\C/C=C\C/C=C\CC. The first-order valence-corrected chi connectivity index (χ1v) is 34.2. The molecule has 1 unspecified atom stereocenters. The molecular weight excluding hydrogens is 1010 g/mol. The summed E-state index contributed by atoms with van der Waals surface area (Å²) in [5, 5.41) is 0. The van der Waals surface area contributed by atoms with Crippen LogP contribution in [-0.4, -0.2) is 37.2 Å². The fourth-order valence-corrected chi connectivity index (χ4v) is 9.36. The molecule has 0 aliphatic heterocycles. The Kier molecular flexibility index (Phi) is 65.3. The number of esters is 3. The lowest BCUT2D eigenvalue weighted by molar-refractivity contribution is -0.167. The molecule has 0 spiro atoms. The van der Waals surface area contributed by atoms with Gasteiger partial charge < -0.3 is 14.2 Å². The summed E-state index contributed by atoms with van der Waals surface area (Å²) in [6.07, 6.45) is 97.7. The zero-order chi connectivity index (χ0) is 59.2. The van der Waals surface area contributed by atoms with E-state index in [1.54, 1.807) is 0 Å². The molecule has 0 aromatic heterocycles. The predicted molar refractivity (Wildman–Crippen MR) is 357 cm³/mol. The number of carbonyl (C=O) groups is 3. The topological polar surface area (TPSA) is 78.9 Å². The monoisotopic (exact) mass is 1130 g/mol. The van der Waals surface area contributed by atoms with E-state index in [-0.39, 0.29) is 31.1 Å². The Hall–Kier alpha value is -4.45. The molecule has 0 aromatic carbocycles. The lowest BCUT2D eigenvalue weighted by Gasteiger charge is -2.18. The van der Waals surface area contributed by atoms with Gasteiger partial charge in [-0.05, 0) is 116 Å². The van der Waals surface area contributed by atoms with Gasteiger partial charge in [0.1, 0.15) is 13.2 Å². The number of carbonyl (C=O) groups excluding carboxylic acids is 3. The van der Waals surface area contributed by atoms with Crippen LogP contribution in [-0.2, 0) is 28.6 Å². The smallest absolute Gasteiger partial charge is 0.306 e. The highest BCUT2D eigenvalue weighted by molar-refractivity contribution is 5.71. The highest BCUT2D eigenvalue weighted by Crippen LogP contribution is 2.16. The molecule has 0 aliphatic carbocycles. The van der Waals surface area contributed by atoms with E-state index in [4.69, 9.17) is 14.2 Å². The van der Waals surface area contributed by atoms with Crippen LogP contribution in [0, 0.1) is 0 Å². The third-order valence-corrected chi connectivity index (χ3v) is 14.4. The van der Waals surface area contributed by atoms with Crippen LogP contribution in [0.15, 0.2) is 134 Å². The van der Waals surface area contributed by atoms with Gasteiger partial charge in [-0.25, -0.2) is 0 Å². The van der Waals surface area contributed by atoms with Crippen molar-refractivity contribution in [2.24, 2.45) is 0 Å².